The number of hydrogen-bond donors (Lipinski definition) is 2. The van der Waals surface area contributed by atoms with Crippen LogP contribution in [0.15, 0.2) is 42.5 Å². The monoisotopic (exact) mass is 563 g/mol. The van der Waals surface area contributed by atoms with E-state index < -0.39 is 12.1 Å². The summed E-state index contributed by atoms with van der Waals surface area (Å²) in [6, 6.07) is 15.1. The molecule has 0 saturated heterocycles. The van der Waals surface area contributed by atoms with Crippen LogP contribution in [0.4, 0.5) is 13.2 Å². The van der Waals surface area contributed by atoms with E-state index in [-0.39, 0.29) is 5.91 Å². The van der Waals surface area contributed by atoms with Crippen LogP contribution in [0.25, 0.3) is 5.69 Å². The third-order valence-electron chi connectivity index (χ3n) is 5.67. The maximum Gasteiger partial charge on any atom is 0.490 e. The Kier molecular flexibility index (Phi) is 11.1. The van der Waals surface area contributed by atoms with Crippen molar-refractivity contribution >= 4 is 23.5 Å². The highest BCUT2D eigenvalue weighted by Crippen LogP contribution is 2.24. The fourth-order valence-corrected chi connectivity index (χ4v) is 3.80. The van der Waals surface area contributed by atoms with Crippen LogP contribution in [-0.2, 0) is 11.2 Å². The van der Waals surface area contributed by atoms with E-state index in [0.717, 1.165) is 41.2 Å². The van der Waals surface area contributed by atoms with E-state index in [2.05, 4.69) is 21.4 Å². The van der Waals surface area contributed by atoms with Gasteiger partial charge in [-0.15, -0.1) is 0 Å². The second-order valence-corrected chi connectivity index (χ2v) is 9.33. The zero-order valence-corrected chi connectivity index (χ0v) is 22.7. The highest BCUT2D eigenvalue weighted by atomic mass is 35.5. The second kappa shape index (κ2) is 13.8. The molecule has 0 radical (unpaired) electrons. The number of nitrogens with zero attached hydrogens (tertiary/aromatic N) is 4. The summed E-state index contributed by atoms with van der Waals surface area (Å²) >= 11 is 6.20. The molecule has 0 fully saturated rings. The second-order valence-electron chi connectivity index (χ2n) is 8.93. The number of amides is 1. The maximum atomic E-state index is 12.3. The molecule has 1 heterocycles. The molecule has 2 aromatic carbocycles. The van der Waals surface area contributed by atoms with Crippen LogP contribution in [0.1, 0.15) is 44.9 Å². The average molecular weight is 564 g/mol. The van der Waals surface area contributed by atoms with Crippen molar-refractivity contribution in [3.63, 3.8) is 0 Å². The smallest absolute Gasteiger partial charge is 0.475 e. The van der Waals surface area contributed by atoms with E-state index in [4.69, 9.17) is 26.8 Å². The molecule has 0 aliphatic carbocycles. The molecule has 12 heteroatoms. The minimum absolute atomic E-state index is 0.0480. The minimum Gasteiger partial charge on any atom is -0.475 e. The lowest BCUT2D eigenvalue weighted by atomic mass is 10.0. The summed E-state index contributed by atoms with van der Waals surface area (Å²) in [5, 5.41) is 24.3. The van der Waals surface area contributed by atoms with E-state index in [1.165, 1.54) is 0 Å². The van der Waals surface area contributed by atoms with Gasteiger partial charge >= 0.3 is 12.1 Å². The molecule has 3 rings (SSSR count). The maximum absolute atomic E-state index is 12.3. The summed E-state index contributed by atoms with van der Waals surface area (Å²) in [4.78, 5) is 23.3. The van der Waals surface area contributed by atoms with E-state index in [1.54, 1.807) is 12.1 Å². The quantitative estimate of drug-likeness (QED) is 0.376. The zero-order chi connectivity index (χ0) is 29.3. The summed E-state index contributed by atoms with van der Waals surface area (Å²) in [5.41, 5.74) is 6.12. The molecule has 0 saturated carbocycles. The van der Waals surface area contributed by atoms with E-state index in [0.29, 0.717) is 29.1 Å². The Balaban J connectivity index is 0.000000673. The fourth-order valence-electron chi connectivity index (χ4n) is 3.59. The SMILES string of the molecule is Cc1nn(-c2ccc(C#N)c(Cl)c2)c(C)c1Cc1ccc(C(=O)NCCCN(C)C)cc1.O=C(O)C(F)(F)F. The molecule has 2 N–H and O–H groups in total. The van der Waals surface area contributed by atoms with Gasteiger partial charge in [0.25, 0.3) is 5.91 Å². The number of nitrogens with one attached hydrogen (secondary N) is 1. The molecule has 0 unspecified atom stereocenters. The van der Waals surface area contributed by atoms with Crippen LogP contribution in [-0.4, -0.2) is 65.0 Å². The number of alkyl halides is 3. The largest absolute Gasteiger partial charge is 0.490 e. The first-order chi connectivity index (χ1) is 18.2. The minimum atomic E-state index is -5.08. The predicted molar refractivity (Wildman–Crippen MR) is 141 cm³/mol. The van der Waals surface area contributed by atoms with Crippen LogP contribution in [0, 0.1) is 25.2 Å². The summed E-state index contributed by atoms with van der Waals surface area (Å²) in [5.74, 6) is -2.80. The van der Waals surface area contributed by atoms with Gasteiger partial charge in [0.15, 0.2) is 0 Å². The van der Waals surface area contributed by atoms with E-state index >= 15 is 0 Å². The Morgan fingerprint density at radius 3 is 2.28 bits per heavy atom. The molecule has 1 aromatic heterocycles. The summed E-state index contributed by atoms with van der Waals surface area (Å²) < 4.78 is 33.6. The summed E-state index contributed by atoms with van der Waals surface area (Å²) in [7, 11) is 4.04. The van der Waals surface area contributed by atoms with Gasteiger partial charge in [0, 0.05) is 29.8 Å². The molecule has 8 nitrogen and oxygen atoms in total. The van der Waals surface area contributed by atoms with Crippen molar-refractivity contribution in [1.29, 1.82) is 5.26 Å². The first-order valence-electron chi connectivity index (χ1n) is 11.8. The van der Waals surface area contributed by atoms with Crippen molar-refractivity contribution in [2.45, 2.75) is 32.9 Å². The van der Waals surface area contributed by atoms with Gasteiger partial charge in [0.05, 0.1) is 22.0 Å². The third-order valence-corrected chi connectivity index (χ3v) is 5.98. The Morgan fingerprint density at radius 1 is 1.15 bits per heavy atom. The van der Waals surface area contributed by atoms with Gasteiger partial charge in [-0.05, 0) is 76.8 Å². The van der Waals surface area contributed by atoms with Gasteiger partial charge in [-0.2, -0.15) is 23.5 Å². The molecule has 39 heavy (non-hydrogen) atoms. The van der Waals surface area contributed by atoms with Gasteiger partial charge < -0.3 is 15.3 Å². The Morgan fingerprint density at radius 2 is 1.77 bits per heavy atom. The lowest BCUT2D eigenvalue weighted by Crippen LogP contribution is -2.27. The number of carbonyl (C=O) groups is 2. The van der Waals surface area contributed by atoms with Crippen molar-refractivity contribution in [3.05, 3.63) is 81.1 Å². The number of benzene rings is 2. The highest BCUT2D eigenvalue weighted by Gasteiger charge is 2.38. The average Bonchev–Trinajstić information content (AvgIpc) is 3.15. The zero-order valence-electron chi connectivity index (χ0n) is 21.9. The van der Waals surface area contributed by atoms with Gasteiger partial charge in [-0.1, -0.05) is 23.7 Å². The van der Waals surface area contributed by atoms with Gasteiger partial charge in [-0.25, -0.2) is 9.48 Å². The third kappa shape index (κ3) is 9.12. The van der Waals surface area contributed by atoms with Crippen molar-refractivity contribution in [2.24, 2.45) is 0 Å². The topological polar surface area (TPSA) is 111 Å². The standard InChI is InChI=1S/C25H28ClN5O.C2HF3O2/c1-17-23(18(2)31(29-17)22-11-10-21(16-27)24(26)15-22)14-19-6-8-20(9-7-19)25(32)28-12-5-13-30(3)4;3-2(4,5)1(6)7/h6-11,15H,5,12-14H2,1-4H3,(H,28,32);(H,6,7). The van der Waals surface area contributed by atoms with Gasteiger partial charge in [0.1, 0.15) is 6.07 Å². The number of nitriles is 1. The lowest BCUT2D eigenvalue weighted by molar-refractivity contribution is -0.192. The number of carboxylic acid groups (broad SMARTS) is 1. The first kappa shape index (κ1) is 31.3. The van der Waals surface area contributed by atoms with Crippen LogP contribution in [0.5, 0.6) is 0 Å². The van der Waals surface area contributed by atoms with Crippen LogP contribution < -0.4 is 5.32 Å². The molecule has 1 amide bonds. The number of carbonyl (C=O) groups excluding carboxylic acids is 1. The molecule has 3 aromatic rings. The number of aromatic nitrogens is 2. The van der Waals surface area contributed by atoms with Crippen molar-refractivity contribution < 1.29 is 27.9 Å². The molecule has 0 spiro atoms. The van der Waals surface area contributed by atoms with Crippen LogP contribution in [0.3, 0.4) is 0 Å². The first-order valence-corrected chi connectivity index (χ1v) is 12.2. The highest BCUT2D eigenvalue weighted by molar-refractivity contribution is 6.31. The molecule has 0 bridgehead atoms. The molecule has 208 valence electrons. The van der Waals surface area contributed by atoms with E-state index in [9.17, 15) is 18.0 Å². The summed E-state index contributed by atoms with van der Waals surface area (Å²) in [6.45, 7) is 5.62. The van der Waals surface area contributed by atoms with E-state index in [1.807, 2.05) is 63.0 Å². The Labute approximate surface area is 229 Å². The van der Waals surface area contributed by atoms with Crippen molar-refractivity contribution in [3.8, 4) is 11.8 Å². The lowest BCUT2D eigenvalue weighted by Gasteiger charge is -2.10. The van der Waals surface area contributed by atoms with Crippen molar-refractivity contribution in [1.82, 2.24) is 20.0 Å². The molecule has 0 aliphatic rings. The normalized spacial score (nSPS) is 11.0. The van der Waals surface area contributed by atoms with Crippen LogP contribution >= 0.6 is 11.6 Å². The molecule has 0 atom stereocenters. The molecule has 0 aliphatic heterocycles. The number of aryl methyl sites for hydroxylation is 1. The Hall–Kier alpha value is -3.88. The predicted octanol–water partition coefficient (Wildman–Crippen LogP) is 4.92. The fraction of sp³-hybridized carbons (Fsp3) is 0.333. The number of rotatable bonds is 8. The van der Waals surface area contributed by atoms with Gasteiger partial charge in [-0.3, -0.25) is 4.79 Å². The molecular formula is C27H29ClF3N5O3. The summed E-state index contributed by atoms with van der Waals surface area (Å²) in [6.07, 6.45) is -3.45. The van der Waals surface area contributed by atoms with Crippen LogP contribution in [0.2, 0.25) is 5.02 Å². The number of halogens is 4. The van der Waals surface area contributed by atoms with Crippen molar-refractivity contribution in [2.75, 3.05) is 27.2 Å². The number of aliphatic carboxylic acids is 1. The molecular weight excluding hydrogens is 535 g/mol. The Bertz CT molecular complexity index is 1350. The number of carboxylic acids is 1. The number of hydrogen-bond acceptors (Lipinski definition) is 5. The van der Waals surface area contributed by atoms with Gasteiger partial charge in [0.2, 0.25) is 0 Å².